The Balaban J connectivity index is 2.15. The largest absolute Gasteiger partial charge is 0.508 e. The van der Waals surface area contributed by atoms with Crippen LogP contribution in [0.1, 0.15) is 25.3 Å². The zero-order chi connectivity index (χ0) is 12.5. The Bertz CT molecular complexity index is 331. The van der Waals surface area contributed by atoms with Crippen LogP contribution in [0, 0.1) is 5.82 Å². The lowest BCUT2D eigenvalue weighted by Gasteiger charge is -2.07. The van der Waals surface area contributed by atoms with Gasteiger partial charge in [-0.25, -0.2) is 4.39 Å². The maximum atomic E-state index is 12.9. The highest BCUT2D eigenvalue weighted by atomic mass is 19.1. The van der Waals surface area contributed by atoms with E-state index in [0.29, 0.717) is 12.1 Å². The molecular weight excluding hydrogens is 221 g/mol. The van der Waals surface area contributed by atoms with Gasteiger partial charge in [-0.15, -0.1) is 0 Å². The van der Waals surface area contributed by atoms with Crippen molar-refractivity contribution in [1.29, 1.82) is 0 Å². The second-order valence-corrected chi connectivity index (χ2v) is 3.92. The minimum atomic E-state index is -0.328. The van der Waals surface area contributed by atoms with E-state index in [-0.39, 0.29) is 11.6 Å². The summed E-state index contributed by atoms with van der Waals surface area (Å²) in [7, 11) is 0. The Labute approximate surface area is 102 Å². The van der Waals surface area contributed by atoms with Gasteiger partial charge >= 0.3 is 0 Å². The molecule has 0 aliphatic carbocycles. The first kappa shape index (κ1) is 13.9. The lowest BCUT2D eigenvalue weighted by atomic mass is 10.2. The summed E-state index contributed by atoms with van der Waals surface area (Å²) in [5.74, 6) is -0.202. The van der Waals surface area contributed by atoms with Crippen LogP contribution < -0.4 is 5.32 Å². The molecule has 0 aliphatic heterocycles. The van der Waals surface area contributed by atoms with Crippen molar-refractivity contribution in [3.8, 4) is 5.75 Å². The Morgan fingerprint density at radius 1 is 1.35 bits per heavy atom. The molecule has 17 heavy (non-hydrogen) atoms. The third-order valence-electron chi connectivity index (χ3n) is 2.35. The van der Waals surface area contributed by atoms with Gasteiger partial charge in [0.25, 0.3) is 0 Å². The van der Waals surface area contributed by atoms with Gasteiger partial charge in [0, 0.05) is 25.3 Å². The minimum Gasteiger partial charge on any atom is -0.508 e. The molecule has 0 aliphatic rings. The Hall–Kier alpha value is -1.13. The van der Waals surface area contributed by atoms with Crippen LogP contribution in [-0.2, 0) is 11.3 Å². The number of hydrogen-bond donors (Lipinski definition) is 2. The predicted octanol–water partition coefficient (Wildman–Crippen LogP) is 2.44. The lowest BCUT2D eigenvalue weighted by molar-refractivity contribution is 0.132. The monoisotopic (exact) mass is 241 g/mol. The Morgan fingerprint density at radius 2 is 2.18 bits per heavy atom. The smallest absolute Gasteiger partial charge is 0.123 e. The quantitative estimate of drug-likeness (QED) is 0.687. The van der Waals surface area contributed by atoms with Gasteiger partial charge in [0.1, 0.15) is 11.6 Å². The summed E-state index contributed by atoms with van der Waals surface area (Å²) in [6.45, 7) is 4.86. The fourth-order valence-electron chi connectivity index (χ4n) is 1.46. The van der Waals surface area contributed by atoms with Crippen molar-refractivity contribution in [2.75, 3.05) is 19.8 Å². The van der Waals surface area contributed by atoms with Crippen molar-refractivity contribution in [2.24, 2.45) is 0 Å². The normalized spacial score (nSPS) is 10.7. The number of phenols is 1. The van der Waals surface area contributed by atoms with E-state index in [4.69, 9.17) is 4.74 Å². The standard InChI is InChI=1S/C13H20FNO2/c1-2-7-17-8-3-6-15-10-11-9-12(14)4-5-13(11)16/h4-5,9,15-16H,2-3,6-8,10H2,1H3. The third kappa shape index (κ3) is 5.65. The van der Waals surface area contributed by atoms with Gasteiger partial charge in [0.05, 0.1) is 0 Å². The number of halogens is 1. The van der Waals surface area contributed by atoms with Crippen LogP contribution in [-0.4, -0.2) is 24.9 Å². The molecule has 1 aromatic carbocycles. The van der Waals surface area contributed by atoms with Gasteiger partial charge in [-0.3, -0.25) is 0 Å². The van der Waals surface area contributed by atoms with Gasteiger partial charge in [-0.1, -0.05) is 6.92 Å². The van der Waals surface area contributed by atoms with E-state index >= 15 is 0 Å². The van der Waals surface area contributed by atoms with Crippen LogP contribution in [0.3, 0.4) is 0 Å². The lowest BCUT2D eigenvalue weighted by Crippen LogP contribution is -2.16. The molecule has 0 radical (unpaired) electrons. The molecule has 1 rings (SSSR count). The number of benzene rings is 1. The van der Waals surface area contributed by atoms with E-state index in [1.165, 1.54) is 18.2 Å². The number of aromatic hydroxyl groups is 1. The molecule has 0 bridgehead atoms. The minimum absolute atomic E-state index is 0.126. The molecule has 0 heterocycles. The van der Waals surface area contributed by atoms with E-state index in [1.54, 1.807) is 0 Å². The van der Waals surface area contributed by atoms with Crippen molar-refractivity contribution >= 4 is 0 Å². The maximum Gasteiger partial charge on any atom is 0.123 e. The molecule has 0 fully saturated rings. The van der Waals surface area contributed by atoms with Crippen LogP contribution in [0.15, 0.2) is 18.2 Å². The van der Waals surface area contributed by atoms with Crippen molar-refractivity contribution in [3.63, 3.8) is 0 Å². The third-order valence-corrected chi connectivity index (χ3v) is 2.35. The maximum absolute atomic E-state index is 12.9. The van der Waals surface area contributed by atoms with Crippen LogP contribution >= 0.6 is 0 Å². The highest BCUT2D eigenvalue weighted by Gasteiger charge is 2.01. The zero-order valence-corrected chi connectivity index (χ0v) is 10.2. The molecule has 2 N–H and O–H groups in total. The van der Waals surface area contributed by atoms with E-state index < -0.39 is 0 Å². The first-order chi connectivity index (χ1) is 8.24. The number of nitrogens with one attached hydrogen (secondary N) is 1. The summed E-state index contributed by atoms with van der Waals surface area (Å²) in [4.78, 5) is 0. The van der Waals surface area contributed by atoms with Crippen molar-refractivity contribution in [3.05, 3.63) is 29.6 Å². The average Bonchev–Trinajstić information content (AvgIpc) is 2.32. The molecule has 96 valence electrons. The molecule has 0 unspecified atom stereocenters. The topological polar surface area (TPSA) is 41.5 Å². The number of hydrogen-bond acceptors (Lipinski definition) is 3. The van der Waals surface area contributed by atoms with Gasteiger partial charge in [0.2, 0.25) is 0 Å². The molecule has 0 spiro atoms. The first-order valence-corrected chi connectivity index (χ1v) is 6.00. The van der Waals surface area contributed by atoms with Crippen LogP contribution in [0.4, 0.5) is 4.39 Å². The zero-order valence-electron chi connectivity index (χ0n) is 10.2. The number of ether oxygens (including phenoxy) is 1. The highest BCUT2D eigenvalue weighted by Crippen LogP contribution is 2.17. The second kappa shape index (κ2) is 8.03. The van der Waals surface area contributed by atoms with Gasteiger partial charge < -0.3 is 15.2 Å². The Morgan fingerprint density at radius 3 is 2.94 bits per heavy atom. The van der Waals surface area contributed by atoms with Crippen LogP contribution in [0.2, 0.25) is 0 Å². The van der Waals surface area contributed by atoms with E-state index in [1.807, 2.05) is 0 Å². The molecule has 0 amide bonds. The summed E-state index contributed by atoms with van der Waals surface area (Å²) in [5, 5.41) is 12.6. The second-order valence-electron chi connectivity index (χ2n) is 3.92. The van der Waals surface area contributed by atoms with Crippen LogP contribution in [0.25, 0.3) is 0 Å². The Kier molecular flexibility index (Phi) is 6.58. The molecular formula is C13H20FNO2. The van der Waals surface area contributed by atoms with Crippen LogP contribution in [0.5, 0.6) is 5.75 Å². The fourth-order valence-corrected chi connectivity index (χ4v) is 1.46. The number of rotatable bonds is 8. The van der Waals surface area contributed by atoms with Crippen molar-refractivity contribution in [2.45, 2.75) is 26.3 Å². The van der Waals surface area contributed by atoms with Gasteiger partial charge in [-0.2, -0.15) is 0 Å². The molecule has 0 aromatic heterocycles. The van der Waals surface area contributed by atoms with E-state index in [9.17, 15) is 9.50 Å². The van der Waals surface area contributed by atoms with E-state index in [0.717, 1.165) is 32.6 Å². The first-order valence-electron chi connectivity index (χ1n) is 6.00. The summed E-state index contributed by atoms with van der Waals surface area (Å²) in [5.41, 5.74) is 0.583. The fraction of sp³-hybridized carbons (Fsp3) is 0.538. The molecule has 0 saturated carbocycles. The summed E-state index contributed by atoms with van der Waals surface area (Å²) in [6, 6.07) is 3.96. The molecule has 3 nitrogen and oxygen atoms in total. The van der Waals surface area contributed by atoms with Gasteiger partial charge in [0.15, 0.2) is 0 Å². The molecule has 0 atom stereocenters. The van der Waals surface area contributed by atoms with E-state index in [2.05, 4.69) is 12.2 Å². The van der Waals surface area contributed by atoms with Crippen molar-refractivity contribution in [1.82, 2.24) is 5.32 Å². The van der Waals surface area contributed by atoms with Gasteiger partial charge in [-0.05, 0) is 37.6 Å². The molecule has 4 heteroatoms. The SMILES string of the molecule is CCCOCCCNCc1cc(F)ccc1O. The highest BCUT2D eigenvalue weighted by molar-refractivity contribution is 5.32. The molecule has 0 saturated heterocycles. The predicted molar refractivity (Wildman–Crippen MR) is 65.5 cm³/mol. The summed E-state index contributed by atoms with van der Waals surface area (Å²) in [6.07, 6.45) is 1.95. The number of phenolic OH excluding ortho intramolecular Hbond substituents is 1. The summed E-state index contributed by atoms with van der Waals surface area (Å²) >= 11 is 0. The molecule has 1 aromatic rings. The van der Waals surface area contributed by atoms with Crippen molar-refractivity contribution < 1.29 is 14.2 Å². The average molecular weight is 241 g/mol. The summed E-state index contributed by atoms with van der Waals surface area (Å²) < 4.78 is 18.2.